The molecule has 0 atom stereocenters. The zero-order valence-corrected chi connectivity index (χ0v) is 19.3. The number of nitrogen functional groups attached to an aromatic ring is 1. The van der Waals surface area contributed by atoms with Crippen molar-refractivity contribution in [2.45, 2.75) is 13.1 Å². The minimum Gasteiger partial charge on any atom is -0.383 e. The summed E-state index contributed by atoms with van der Waals surface area (Å²) in [5, 5.41) is 5.03. The Bertz CT molecular complexity index is 1830. The SMILES string of the molecule is Cc1nc2ccc(-n3ncc(C(=O)c4cc5ccc(-c6ccnc(C(F)(F)F)c6)cc5[nH]4)c3N)cc2[nH]1. The van der Waals surface area contributed by atoms with Gasteiger partial charge in [-0.05, 0) is 60.5 Å². The van der Waals surface area contributed by atoms with Crippen molar-refractivity contribution in [3.05, 3.63) is 89.8 Å². The van der Waals surface area contributed by atoms with E-state index in [9.17, 15) is 18.0 Å². The normalized spacial score (nSPS) is 12.0. The molecular formula is C26H18F3N7O. The third kappa shape index (κ3) is 3.90. The fraction of sp³-hybridized carbons (Fsp3) is 0.0769. The first-order chi connectivity index (χ1) is 17.7. The minimum absolute atomic E-state index is 0.177. The second-order valence-corrected chi connectivity index (χ2v) is 8.62. The number of nitrogens with zero attached hydrogens (tertiary/aromatic N) is 4. The molecule has 0 radical (unpaired) electrons. The number of nitrogens with one attached hydrogen (secondary N) is 2. The summed E-state index contributed by atoms with van der Waals surface area (Å²) < 4.78 is 40.7. The summed E-state index contributed by atoms with van der Waals surface area (Å²) in [6.07, 6.45) is -2.01. The maximum absolute atomic E-state index is 13.3. The molecule has 0 saturated heterocycles. The molecule has 2 aromatic carbocycles. The van der Waals surface area contributed by atoms with Crippen molar-refractivity contribution in [1.82, 2.24) is 29.7 Å². The summed E-state index contributed by atoms with van der Waals surface area (Å²) >= 11 is 0. The Labute approximate surface area is 207 Å². The van der Waals surface area contributed by atoms with Crippen LogP contribution in [-0.4, -0.2) is 35.5 Å². The molecule has 4 heterocycles. The number of anilines is 1. The standard InChI is InChI=1S/C26H18F3N7O/c1-13-33-19-5-4-17(11-21(19)34-13)36-25(30)18(12-32-36)24(37)22-9-16-3-2-14(8-20(16)35-22)15-6-7-31-23(10-15)26(27,28)29/h2-12,35H,30H2,1H3,(H,33,34). The number of hydrogen-bond donors (Lipinski definition) is 3. The van der Waals surface area contributed by atoms with E-state index in [1.165, 1.54) is 16.9 Å². The van der Waals surface area contributed by atoms with Crippen molar-refractivity contribution in [1.29, 1.82) is 0 Å². The zero-order chi connectivity index (χ0) is 25.9. The fourth-order valence-corrected chi connectivity index (χ4v) is 4.33. The van der Waals surface area contributed by atoms with Gasteiger partial charge in [0.25, 0.3) is 0 Å². The number of benzene rings is 2. The van der Waals surface area contributed by atoms with Crippen LogP contribution in [0.5, 0.6) is 0 Å². The van der Waals surface area contributed by atoms with Gasteiger partial charge >= 0.3 is 6.18 Å². The molecule has 0 bridgehead atoms. The Morgan fingerprint density at radius 2 is 1.78 bits per heavy atom. The molecule has 6 aromatic rings. The Kier molecular flexibility index (Phi) is 4.90. The van der Waals surface area contributed by atoms with Crippen LogP contribution in [0.1, 0.15) is 27.6 Å². The number of hydrogen-bond acceptors (Lipinski definition) is 5. The van der Waals surface area contributed by atoms with Gasteiger partial charge in [-0.3, -0.25) is 9.78 Å². The molecule has 0 saturated carbocycles. The van der Waals surface area contributed by atoms with Crippen molar-refractivity contribution in [3.63, 3.8) is 0 Å². The van der Waals surface area contributed by atoms with E-state index in [-0.39, 0.29) is 22.9 Å². The van der Waals surface area contributed by atoms with E-state index in [0.29, 0.717) is 22.3 Å². The van der Waals surface area contributed by atoms with Gasteiger partial charge in [-0.2, -0.15) is 18.3 Å². The van der Waals surface area contributed by atoms with Gasteiger partial charge in [0.05, 0.1) is 34.2 Å². The summed E-state index contributed by atoms with van der Waals surface area (Å²) in [5.74, 6) is 0.600. The van der Waals surface area contributed by atoms with E-state index >= 15 is 0 Å². The third-order valence-electron chi connectivity index (χ3n) is 6.13. The molecule has 4 aromatic heterocycles. The predicted octanol–water partition coefficient (Wildman–Crippen LogP) is 5.43. The quantitative estimate of drug-likeness (QED) is 0.278. The number of imidazole rings is 1. The molecule has 0 amide bonds. The van der Waals surface area contributed by atoms with Crippen LogP contribution in [0.3, 0.4) is 0 Å². The lowest BCUT2D eigenvalue weighted by atomic mass is 10.0. The summed E-state index contributed by atoms with van der Waals surface area (Å²) in [6, 6.07) is 14.8. The van der Waals surface area contributed by atoms with Crippen molar-refractivity contribution < 1.29 is 18.0 Å². The molecule has 11 heteroatoms. The molecule has 0 aliphatic heterocycles. The van der Waals surface area contributed by atoms with Crippen molar-refractivity contribution in [2.75, 3.05) is 5.73 Å². The molecule has 37 heavy (non-hydrogen) atoms. The lowest BCUT2D eigenvalue weighted by Crippen LogP contribution is -2.07. The number of fused-ring (bicyclic) bond motifs is 2. The number of pyridine rings is 1. The van der Waals surface area contributed by atoms with Gasteiger partial charge in [0.2, 0.25) is 5.78 Å². The number of nitrogens with two attached hydrogens (primary N) is 1. The number of aryl methyl sites for hydroxylation is 1. The first-order valence-electron chi connectivity index (χ1n) is 11.2. The van der Waals surface area contributed by atoms with Gasteiger partial charge in [0.1, 0.15) is 17.3 Å². The predicted molar refractivity (Wildman–Crippen MR) is 132 cm³/mol. The maximum atomic E-state index is 13.3. The van der Waals surface area contributed by atoms with Gasteiger partial charge in [-0.1, -0.05) is 12.1 Å². The van der Waals surface area contributed by atoms with Gasteiger partial charge in [-0.25, -0.2) is 9.67 Å². The first-order valence-corrected chi connectivity index (χ1v) is 11.2. The average Bonchev–Trinajstić information content (AvgIpc) is 3.57. The Balaban J connectivity index is 1.33. The zero-order valence-electron chi connectivity index (χ0n) is 19.3. The smallest absolute Gasteiger partial charge is 0.383 e. The number of aromatic amines is 2. The van der Waals surface area contributed by atoms with E-state index in [0.717, 1.165) is 34.5 Å². The summed E-state index contributed by atoms with van der Waals surface area (Å²) in [4.78, 5) is 27.3. The molecule has 0 aliphatic rings. The highest BCUT2D eigenvalue weighted by Crippen LogP contribution is 2.32. The van der Waals surface area contributed by atoms with E-state index in [1.807, 2.05) is 25.1 Å². The first kappa shape index (κ1) is 22.5. The molecule has 0 spiro atoms. The monoisotopic (exact) mass is 501 g/mol. The van der Waals surface area contributed by atoms with Crippen molar-refractivity contribution in [3.8, 4) is 16.8 Å². The van der Waals surface area contributed by atoms with Crippen LogP contribution in [-0.2, 0) is 6.18 Å². The van der Waals surface area contributed by atoms with Crippen LogP contribution < -0.4 is 5.73 Å². The minimum atomic E-state index is -4.54. The van der Waals surface area contributed by atoms with Crippen LogP contribution in [0, 0.1) is 6.92 Å². The van der Waals surface area contributed by atoms with E-state index in [1.54, 1.807) is 24.3 Å². The van der Waals surface area contributed by atoms with E-state index in [2.05, 4.69) is 25.0 Å². The molecule has 0 aliphatic carbocycles. The lowest BCUT2D eigenvalue weighted by molar-refractivity contribution is -0.141. The molecule has 184 valence electrons. The van der Waals surface area contributed by atoms with Gasteiger partial charge < -0.3 is 15.7 Å². The molecular weight excluding hydrogens is 483 g/mol. The summed E-state index contributed by atoms with van der Waals surface area (Å²) in [5.41, 5.74) is 9.65. The second kappa shape index (κ2) is 8.05. The molecule has 8 nitrogen and oxygen atoms in total. The fourth-order valence-electron chi connectivity index (χ4n) is 4.33. The molecule has 0 unspecified atom stereocenters. The van der Waals surface area contributed by atoms with Gasteiger partial charge in [-0.15, -0.1) is 0 Å². The number of rotatable bonds is 4. The van der Waals surface area contributed by atoms with Crippen molar-refractivity contribution >= 4 is 33.5 Å². The van der Waals surface area contributed by atoms with Crippen LogP contribution in [0.4, 0.5) is 19.0 Å². The Morgan fingerprint density at radius 3 is 2.59 bits per heavy atom. The summed E-state index contributed by atoms with van der Waals surface area (Å²) in [6.45, 7) is 1.86. The average molecular weight is 501 g/mol. The van der Waals surface area contributed by atoms with Crippen LogP contribution >= 0.6 is 0 Å². The van der Waals surface area contributed by atoms with Crippen LogP contribution in [0.25, 0.3) is 38.8 Å². The largest absolute Gasteiger partial charge is 0.433 e. The Hall–Kier alpha value is -4.93. The maximum Gasteiger partial charge on any atom is 0.433 e. The number of H-pyrrole nitrogens is 2. The number of carbonyl (C=O) groups excluding carboxylic acids is 1. The van der Waals surface area contributed by atoms with E-state index < -0.39 is 11.9 Å². The van der Waals surface area contributed by atoms with E-state index in [4.69, 9.17) is 5.73 Å². The number of aromatic nitrogens is 6. The molecule has 4 N–H and O–H groups in total. The highest BCUT2D eigenvalue weighted by atomic mass is 19.4. The lowest BCUT2D eigenvalue weighted by Gasteiger charge is -2.08. The Morgan fingerprint density at radius 1 is 0.973 bits per heavy atom. The number of carbonyl (C=O) groups is 1. The topological polar surface area (TPSA) is 118 Å². The van der Waals surface area contributed by atoms with Crippen molar-refractivity contribution in [2.24, 2.45) is 0 Å². The number of ketones is 1. The third-order valence-corrected chi connectivity index (χ3v) is 6.13. The van der Waals surface area contributed by atoms with Gasteiger partial charge in [0, 0.05) is 17.1 Å². The van der Waals surface area contributed by atoms with Crippen LogP contribution in [0.15, 0.2) is 67.0 Å². The number of halogens is 3. The second-order valence-electron chi connectivity index (χ2n) is 8.62. The molecule has 6 rings (SSSR count). The van der Waals surface area contributed by atoms with Crippen LogP contribution in [0.2, 0.25) is 0 Å². The number of alkyl halides is 3. The summed E-state index contributed by atoms with van der Waals surface area (Å²) in [7, 11) is 0. The molecule has 0 fully saturated rings. The highest BCUT2D eigenvalue weighted by molar-refractivity contribution is 6.12. The highest BCUT2D eigenvalue weighted by Gasteiger charge is 2.32. The van der Waals surface area contributed by atoms with Gasteiger partial charge in [0.15, 0.2) is 0 Å².